The minimum atomic E-state index is -0.109. The highest BCUT2D eigenvalue weighted by molar-refractivity contribution is 7.99. The van der Waals surface area contributed by atoms with E-state index in [1.165, 1.54) is 6.20 Å². The Morgan fingerprint density at radius 1 is 1.50 bits per heavy atom. The maximum Gasteiger partial charge on any atom is 0.185 e. The summed E-state index contributed by atoms with van der Waals surface area (Å²) in [4.78, 5) is 16.7. The van der Waals surface area contributed by atoms with Gasteiger partial charge in [0.2, 0.25) is 0 Å². The van der Waals surface area contributed by atoms with E-state index >= 15 is 0 Å². The largest absolute Gasteiger partial charge is 0.374 e. The molecule has 0 bridgehead atoms. The number of rotatable bonds is 2. The van der Waals surface area contributed by atoms with Crippen molar-refractivity contribution in [2.75, 3.05) is 18.1 Å². The predicted octanol–water partition coefficient (Wildman–Crippen LogP) is 3.87. The summed E-state index contributed by atoms with van der Waals surface area (Å²) in [6.45, 7) is 0.641. The minimum Gasteiger partial charge on any atom is -0.374 e. The molecule has 20 heavy (non-hydrogen) atoms. The van der Waals surface area contributed by atoms with E-state index in [0.29, 0.717) is 22.3 Å². The first-order valence-electron chi connectivity index (χ1n) is 6.67. The average molecular weight is 332 g/mol. The summed E-state index contributed by atoms with van der Waals surface area (Å²) in [6.07, 6.45) is 4.02. The zero-order chi connectivity index (χ0) is 14.2. The number of carbonyl (C=O) groups excluding carboxylic acids is 1. The van der Waals surface area contributed by atoms with Crippen LogP contribution in [0.5, 0.6) is 0 Å². The van der Waals surface area contributed by atoms with E-state index in [0.717, 1.165) is 30.8 Å². The lowest BCUT2D eigenvalue weighted by Gasteiger charge is -2.37. The summed E-state index contributed by atoms with van der Waals surface area (Å²) in [6, 6.07) is 1.57. The van der Waals surface area contributed by atoms with Crippen LogP contribution >= 0.6 is 35.0 Å². The molecule has 3 nitrogen and oxygen atoms in total. The summed E-state index contributed by atoms with van der Waals surface area (Å²) in [7, 11) is 0. The van der Waals surface area contributed by atoms with Gasteiger partial charge in [-0.15, -0.1) is 0 Å². The number of ketones is 1. The van der Waals surface area contributed by atoms with Gasteiger partial charge >= 0.3 is 0 Å². The second-order valence-corrected chi connectivity index (χ2v) is 7.32. The summed E-state index contributed by atoms with van der Waals surface area (Å²) in [5.74, 6) is 2.07. The number of ether oxygens (including phenoxy) is 1. The first kappa shape index (κ1) is 14.6. The second-order valence-electron chi connectivity index (χ2n) is 5.37. The van der Waals surface area contributed by atoms with Crippen molar-refractivity contribution in [1.82, 2.24) is 4.98 Å². The number of hydrogen-bond donors (Lipinski definition) is 0. The Bertz CT molecular complexity index is 532. The van der Waals surface area contributed by atoms with Gasteiger partial charge in [-0.2, -0.15) is 11.8 Å². The van der Waals surface area contributed by atoms with Crippen LogP contribution in [-0.4, -0.2) is 34.5 Å². The van der Waals surface area contributed by atoms with Crippen LogP contribution in [0.15, 0.2) is 12.3 Å². The Morgan fingerprint density at radius 3 is 3.05 bits per heavy atom. The Kier molecular flexibility index (Phi) is 4.27. The molecule has 2 unspecified atom stereocenters. The molecule has 2 atom stereocenters. The van der Waals surface area contributed by atoms with Crippen molar-refractivity contribution in [3.8, 4) is 0 Å². The Morgan fingerprint density at radius 2 is 2.35 bits per heavy atom. The quantitative estimate of drug-likeness (QED) is 0.771. The van der Waals surface area contributed by atoms with Crippen molar-refractivity contribution in [3.05, 3.63) is 28.0 Å². The number of halogens is 2. The maximum absolute atomic E-state index is 12.6. The van der Waals surface area contributed by atoms with Gasteiger partial charge in [-0.05, 0) is 31.1 Å². The summed E-state index contributed by atoms with van der Waals surface area (Å²) < 4.78 is 5.94. The maximum atomic E-state index is 12.6. The lowest BCUT2D eigenvalue weighted by atomic mass is 9.82. The van der Waals surface area contributed by atoms with Crippen molar-refractivity contribution >= 4 is 40.7 Å². The predicted molar refractivity (Wildman–Crippen MR) is 81.9 cm³/mol. The smallest absolute Gasteiger partial charge is 0.185 e. The normalized spacial score (nSPS) is 29.8. The number of nitrogens with zero attached hydrogens (tertiary/aromatic N) is 1. The van der Waals surface area contributed by atoms with Crippen molar-refractivity contribution < 1.29 is 9.53 Å². The van der Waals surface area contributed by atoms with Gasteiger partial charge in [0.25, 0.3) is 0 Å². The molecule has 2 fully saturated rings. The van der Waals surface area contributed by atoms with Crippen LogP contribution in [0.4, 0.5) is 0 Å². The van der Waals surface area contributed by atoms with E-state index in [9.17, 15) is 4.79 Å². The van der Waals surface area contributed by atoms with Crippen LogP contribution in [0.1, 0.15) is 29.8 Å². The summed E-state index contributed by atoms with van der Waals surface area (Å²) >= 11 is 13.8. The third kappa shape index (κ3) is 2.84. The monoisotopic (exact) mass is 331 g/mol. The first-order valence-corrected chi connectivity index (χ1v) is 8.58. The van der Waals surface area contributed by atoms with Gasteiger partial charge in [-0.1, -0.05) is 23.2 Å². The highest BCUT2D eigenvalue weighted by Crippen LogP contribution is 2.41. The summed E-state index contributed by atoms with van der Waals surface area (Å²) in [5.41, 5.74) is 0.228. The second kappa shape index (κ2) is 5.84. The molecule has 1 aromatic heterocycles. The van der Waals surface area contributed by atoms with Gasteiger partial charge in [0.1, 0.15) is 5.69 Å². The number of pyridine rings is 1. The van der Waals surface area contributed by atoms with E-state index in [1.807, 2.05) is 11.8 Å². The van der Waals surface area contributed by atoms with E-state index < -0.39 is 0 Å². The van der Waals surface area contributed by atoms with Gasteiger partial charge in [-0.3, -0.25) is 4.79 Å². The molecule has 0 N–H and O–H groups in total. The molecule has 1 spiro atoms. The Labute approximate surface area is 132 Å². The zero-order valence-electron chi connectivity index (χ0n) is 10.9. The molecule has 2 aliphatic rings. The standard InChI is InChI=1S/C14H15Cl2NO2S/c15-10-5-11(16)12(17-7-10)13(18)9-1-3-19-14(6-9)2-4-20-8-14/h5,7,9H,1-4,6,8H2. The molecule has 0 amide bonds. The number of hydrogen-bond acceptors (Lipinski definition) is 4. The van der Waals surface area contributed by atoms with Crippen molar-refractivity contribution in [1.29, 1.82) is 0 Å². The molecule has 1 aromatic rings. The van der Waals surface area contributed by atoms with Crippen LogP contribution < -0.4 is 0 Å². The minimum absolute atomic E-state index is 0.0197. The molecule has 3 heterocycles. The van der Waals surface area contributed by atoms with Crippen molar-refractivity contribution in [2.45, 2.75) is 24.9 Å². The highest BCUT2D eigenvalue weighted by atomic mass is 35.5. The molecule has 0 radical (unpaired) electrons. The third-order valence-electron chi connectivity index (χ3n) is 3.97. The van der Waals surface area contributed by atoms with Crippen LogP contribution in [0.3, 0.4) is 0 Å². The van der Waals surface area contributed by atoms with Gasteiger partial charge in [0, 0.05) is 24.5 Å². The van der Waals surface area contributed by atoms with E-state index in [4.69, 9.17) is 27.9 Å². The van der Waals surface area contributed by atoms with Gasteiger partial charge in [-0.25, -0.2) is 4.98 Å². The first-order chi connectivity index (χ1) is 9.60. The van der Waals surface area contributed by atoms with Crippen LogP contribution in [0, 0.1) is 5.92 Å². The van der Waals surface area contributed by atoms with E-state index in [1.54, 1.807) is 6.07 Å². The highest BCUT2D eigenvalue weighted by Gasteiger charge is 2.43. The van der Waals surface area contributed by atoms with E-state index in [-0.39, 0.29) is 17.3 Å². The molecule has 6 heteroatoms. The Hall–Kier alpha value is -0.290. The van der Waals surface area contributed by atoms with Crippen LogP contribution in [0.25, 0.3) is 0 Å². The number of carbonyl (C=O) groups is 1. The molecule has 2 aliphatic heterocycles. The lowest BCUT2D eigenvalue weighted by molar-refractivity contribution is -0.0735. The third-order valence-corrected chi connectivity index (χ3v) is 5.69. The molecule has 2 saturated heterocycles. The Balaban J connectivity index is 1.79. The number of thioether (sulfide) groups is 1. The van der Waals surface area contributed by atoms with Gasteiger partial charge < -0.3 is 4.74 Å². The molecule has 0 aliphatic carbocycles. The van der Waals surface area contributed by atoms with Crippen molar-refractivity contribution in [2.24, 2.45) is 5.92 Å². The van der Waals surface area contributed by atoms with Crippen LogP contribution in [0.2, 0.25) is 10.0 Å². The fourth-order valence-corrected chi connectivity index (χ4v) is 4.76. The van der Waals surface area contributed by atoms with Gasteiger partial charge in [0.05, 0.1) is 15.6 Å². The van der Waals surface area contributed by atoms with Crippen LogP contribution in [-0.2, 0) is 4.74 Å². The number of aromatic nitrogens is 1. The fourth-order valence-electron chi connectivity index (χ4n) is 2.90. The fraction of sp³-hybridized carbons (Fsp3) is 0.571. The zero-order valence-corrected chi connectivity index (χ0v) is 13.2. The molecular formula is C14H15Cl2NO2S. The average Bonchev–Trinajstić information content (AvgIpc) is 2.86. The number of Topliss-reactive ketones (excluding diaryl/α,β-unsaturated/α-hetero) is 1. The molecule has 3 rings (SSSR count). The SMILES string of the molecule is O=C(c1ncc(Cl)cc1Cl)C1CCOC2(CCSC2)C1. The van der Waals surface area contributed by atoms with Crippen molar-refractivity contribution in [3.63, 3.8) is 0 Å². The molecule has 108 valence electrons. The molecule has 0 saturated carbocycles. The molecular weight excluding hydrogens is 317 g/mol. The van der Waals surface area contributed by atoms with E-state index in [2.05, 4.69) is 4.98 Å². The molecule has 0 aromatic carbocycles. The lowest BCUT2D eigenvalue weighted by Crippen LogP contribution is -2.42. The van der Waals surface area contributed by atoms with Gasteiger partial charge in [0.15, 0.2) is 5.78 Å². The topological polar surface area (TPSA) is 39.2 Å². The summed E-state index contributed by atoms with van der Waals surface area (Å²) in [5, 5.41) is 0.783.